The maximum Gasteiger partial charge on any atom is 0.254 e. The van der Waals surface area contributed by atoms with Crippen LogP contribution in [0.1, 0.15) is 43.5 Å². The van der Waals surface area contributed by atoms with E-state index in [1.165, 1.54) is 11.8 Å². The van der Waals surface area contributed by atoms with Gasteiger partial charge in [0.1, 0.15) is 6.04 Å². The van der Waals surface area contributed by atoms with Crippen LogP contribution in [-0.4, -0.2) is 69.5 Å². The first kappa shape index (κ1) is 18.7. The van der Waals surface area contributed by atoms with Gasteiger partial charge in [0.2, 0.25) is 17.7 Å². The Hall–Kier alpha value is -2.70. The lowest BCUT2D eigenvalue weighted by atomic mass is 10.0. The molecule has 3 fully saturated rings. The van der Waals surface area contributed by atoms with Gasteiger partial charge in [-0.15, -0.1) is 0 Å². The summed E-state index contributed by atoms with van der Waals surface area (Å²) in [6.45, 7) is 4.25. The van der Waals surface area contributed by atoms with Crippen LogP contribution in [0.15, 0.2) is 30.3 Å². The average Bonchev–Trinajstić information content (AvgIpc) is 3.39. The molecule has 148 valence electrons. The Balaban J connectivity index is 1.55. The van der Waals surface area contributed by atoms with Gasteiger partial charge in [0.25, 0.3) is 5.91 Å². The summed E-state index contributed by atoms with van der Waals surface area (Å²) >= 11 is 0. The predicted octanol–water partition coefficient (Wildman–Crippen LogP) is 1.29. The molecule has 0 radical (unpaired) electrons. The normalized spacial score (nSPS) is 29.4. The van der Waals surface area contributed by atoms with Gasteiger partial charge in [-0.2, -0.15) is 0 Å². The molecule has 0 spiro atoms. The number of amides is 4. The second-order valence-corrected chi connectivity index (χ2v) is 7.92. The van der Waals surface area contributed by atoms with E-state index in [1.54, 1.807) is 28.9 Å². The van der Waals surface area contributed by atoms with Gasteiger partial charge in [-0.1, -0.05) is 25.1 Å². The van der Waals surface area contributed by atoms with E-state index in [9.17, 15) is 19.2 Å². The fourth-order valence-electron chi connectivity index (χ4n) is 5.06. The maximum atomic E-state index is 13.4. The molecule has 3 heterocycles. The molecule has 4 amide bonds. The summed E-state index contributed by atoms with van der Waals surface area (Å²) in [6.07, 6.45) is 2.01. The lowest BCUT2D eigenvalue weighted by Crippen LogP contribution is -2.51. The Kier molecular flexibility index (Phi) is 4.69. The minimum absolute atomic E-state index is 0.0978. The largest absolute Gasteiger partial charge is 0.335 e. The predicted molar refractivity (Wildman–Crippen MR) is 101 cm³/mol. The highest BCUT2D eigenvalue weighted by Gasteiger charge is 2.55. The standard InChI is InChI=1S/C21H25N3O4/c1-13-18-16(24(14(2)25)19(13)26)10-12-23(18)21(28)17-9-6-11-22(17)20(27)15-7-4-3-5-8-15/h3-5,7-8,13,16-18H,6,9-12H2,1-2H3/t13-,16-,17-,18+/m0/s1. The van der Waals surface area contributed by atoms with Crippen molar-refractivity contribution in [3.63, 3.8) is 0 Å². The molecule has 4 atom stereocenters. The van der Waals surface area contributed by atoms with Crippen LogP contribution < -0.4 is 0 Å². The number of imide groups is 1. The minimum Gasteiger partial charge on any atom is -0.335 e. The highest BCUT2D eigenvalue weighted by Crippen LogP contribution is 2.37. The summed E-state index contributed by atoms with van der Waals surface area (Å²) in [4.78, 5) is 55.5. The molecule has 4 rings (SSSR count). The van der Waals surface area contributed by atoms with E-state index in [4.69, 9.17) is 0 Å². The zero-order valence-corrected chi connectivity index (χ0v) is 16.2. The molecule has 3 saturated heterocycles. The molecule has 0 bridgehead atoms. The molecule has 0 unspecified atom stereocenters. The van der Waals surface area contributed by atoms with Crippen LogP contribution in [0.4, 0.5) is 0 Å². The first-order valence-corrected chi connectivity index (χ1v) is 9.92. The molecule has 0 saturated carbocycles. The van der Waals surface area contributed by atoms with Crippen LogP contribution in [0.3, 0.4) is 0 Å². The van der Waals surface area contributed by atoms with Gasteiger partial charge in [0, 0.05) is 25.6 Å². The summed E-state index contributed by atoms with van der Waals surface area (Å²) in [6, 6.07) is 7.96. The number of carbonyl (C=O) groups excluding carboxylic acids is 4. The van der Waals surface area contributed by atoms with Crippen molar-refractivity contribution in [2.24, 2.45) is 5.92 Å². The first-order chi connectivity index (χ1) is 13.4. The number of likely N-dealkylation sites (tertiary alicyclic amines) is 3. The second-order valence-electron chi connectivity index (χ2n) is 7.92. The minimum atomic E-state index is -0.500. The monoisotopic (exact) mass is 383 g/mol. The maximum absolute atomic E-state index is 13.4. The van der Waals surface area contributed by atoms with Crippen LogP contribution in [0.25, 0.3) is 0 Å². The molecule has 0 aromatic heterocycles. The average molecular weight is 383 g/mol. The highest BCUT2D eigenvalue weighted by atomic mass is 16.2. The molecule has 3 aliphatic rings. The van der Waals surface area contributed by atoms with Crippen molar-refractivity contribution >= 4 is 23.6 Å². The van der Waals surface area contributed by atoms with Gasteiger partial charge in [0.15, 0.2) is 0 Å². The van der Waals surface area contributed by atoms with Crippen LogP contribution in [0.2, 0.25) is 0 Å². The summed E-state index contributed by atoms with van der Waals surface area (Å²) in [5, 5.41) is 0. The molecular weight excluding hydrogens is 358 g/mol. The molecule has 0 N–H and O–H groups in total. The van der Waals surface area contributed by atoms with Crippen molar-refractivity contribution in [2.45, 2.75) is 51.2 Å². The number of rotatable bonds is 2. The van der Waals surface area contributed by atoms with E-state index in [-0.39, 0.29) is 35.7 Å². The van der Waals surface area contributed by atoms with Crippen LogP contribution in [-0.2, 0) is 14.4 Å². The zero-order valence-electron chi connectivity index (χ0n) is 16.2. The summed E-state index contributed by atoms with van der Waals surface area (Å²) < 4.78 is 0. The summed E-state index contributed by atoms with van der Waals surface area (Å²) in [5.74, 6) is -1.10. The molecule has 1 aromatic carbocycles. The first-order valence-electron chi connectivity index (χ1n) is 9.92. The van der Waals surface area contributed by atoms with Crippen molar-refractivity contribution in [3.05, 3.63) is 35.9 Å². The molecule has 7 heteroatoms. The van der Waals surface area contributed by atoms with Gasteiger partial charge >= 0.3 is 0 Å². The molecule has 28 heavy (non-hydrogen) atoms. The van der Waals surface area contributed by atoms with E-state index >= 15 is 0 Å². The van der Waals surface area contributed by atoms with Crippen molar-refractivity contribution in [1.82, 2.24) is 14.7 Å². The molecule has 3 aliphatic heterocycles. The Morgan fingerprint density at radius 3 is 2.39 bits per heavy atom. The van der Waals surface area contributed by atoms with E-state index in [0.717, 1.165) is 6.42 Å². The molecule has 0 aliphatic carbocycles. The third-order valence-electron chi connectivity index (χ3n) is 6.33. The lowest BCUT2D eigenvalue weighted by molar-refractivity contribution is -0.143. The molecule has 7 nitrogen and oxygen atoms in total. The van der Waals surface area contributed by atoms with Gasteiger partial charge < -0.3 is 9.80 Å². The number of hydrogen-bond acceptors (Lipinski definition) is 4. The van der Waals surface area contributed by atoms with Gasteiger partial charge in [0.05, 0.1) is 18.0 Å². The van der Waals surface area contributed by atoms with Crippen molar-refractivity contribution in [3.8, 4) is 0 Å². The third kappa shape index (κ3) is 2.80. The lowest BCUT2D eigenvalue weighted by Gasteiger charge is -2.32. The van der Waals surface area contributed by atoms with Crippen LogP contribution in [0, 0.1) is 5.92 Å². The Bertz CT molecular complexity index is 824. The quantitative estimate of drug-likeness (QED) is 0.771. The highest BCUT2D eigenvalue weighted by molar-refractivity contribution is 6.00. The van der Waals surface area contributed by atoms with Gasteiger partial charge in [-0.3, -0.25) is 24.1 Å². The van der Waals surface area contributed by atoms with E-state index in [1.807, 2.05) is 18.2 Å². The summed E-state index contributed by atoms with van der Waals surface area (Å²) in [5.41, 5.74) is 0.577. The van der Waals surface area contributed by atoms with E-state index in [0.29, 0.717) is 31.5 Å². The second kappa shape index (κ2) is 7.04. The zero-order chi connectivity index (χ0) is 20.0. The van der Waals surface area contributed by atoms with Crippen molar-refractivity contribution in [1.29, 1.82) is 0 Å². The van der Waals surface area contributed by atoms with Crippen molar-refractivity contribution in [2.75, 3.05) is 13.1 Å². The van der Waals surface area contributed by atoms with E-state index < -0.39 is 12.0 Å². The van der Waals surface area contributed by atoms with Crippen LogP contribution >= 0.6 is 0 Å². The SMILES string of the molecule is CC(=O)N1C(=O)[C@@H](C)[C@@H]2[C@@H]1CCN2C(=O)[C@@H]1CCCN1C(=O)c1ccccc1. The number of hydrogen-bond donors (Lipinski definition) is 0. The third-order valence-corrected chi connectivity index (χ3v) is 6.33. The van der Waals surface area contributed by atoms with Crippen molar-refractivity contribution < 1.29 is 19.2 Å². The topological polar surface area (TPSA) is 78.0 Å². The molecule has 1 aromatic rings. The number of nitrogens with zero attached hydrogens (tertiary/aromatic N) is 3. The molecular formula is C21H25N3O4. The number of carbonyl (C=O) groups is 4. The van der Waals surface area contributed by atoms with Crippen LogP contribution in [0.5, 0.6) is 0 Å². The smallest absolute Gasteiger partial charge is 0.254 e. The fourth-order valence-corrected chi connectivity index (χ4v) is 5.06. The number of benzene rings is 1. The fraction of sp³-hybridized carbons (Fsp3) is 0.524. The Labute approximate surface area is 164 Å². The Morgan fingerprint density at radius 2 is 1.71 bits per heavy atom. The van der Waals surface area contributed by atoms with E-state index in [2.05, 4.69) is 0 Å². The van der Waals surface area contributed by atoms with Gasteiger partial charge in [-0.05, 0) is 31.4 Å². The Morgan fingerprint density at radius 1 is 1.00 bits per heavy atom. The summed E-state index contributed by atoms with van der Waals surface area (Å²) in [7, 11) is 0. The number of fused-ring (bicyclic) bond motifs is 1. The van der Waals surface area contributed by atoms with Gasteiger partial charge in [-0.25, -0.2) is 0 Å².